The van der Waals surface area contributed by atoms with Crippen molar-refractivity contribution in [2.45, 2.75) is 34.6 Å². The molecule has 2 aromatic rings. The number of hydrogen-bond acceptors (Lipinski definition) is 2. The predicted octanol–water partition coefficient (Wildman–Crippen LogP) is 2.68. The van der Waals surface area contributed by atoms with E-state index in [0.29, 0.717) is 0 Å². The van der Waals surface area contributed by atoms with Crippen LogP contribution in [0.15, 0.2) is 12.3 Å². The molecule has 0 aliphatic rings. The van der Waals surface area contributed by atoms with E-state index in [4.69, 9.17) is 0 Å². The van der Waals surface area contributed by atoms with E-state index in [2.05, 4.69) is 10.1 Å². The molecular formula is C11H17N3. The van der Waals surface area contributed by atoms with Crippen molar-refractivity contribution >= 4 is 5.65 Å². The number of hydrogen-bond donors (Lipinski definition) is 0. The molecule has 3 nitrogen and oxygen atoms in total. The third-order valence-electron chi connectivity index (χ3n) is 1.95. The molecule has 2 aromatic heterocycles. The van der Waals surface area contributed by atoms with Crippen molar-refractivity contribution in [2.24, 2.45) is 0 Å². The lowest BCUT2D eigenvalue weighted by Crippen LogP contribution is -1.97. The standard InChI is InChI=1S/C9H11N3.C2H6/c1-6-5-10-12-8(3)4-7(2)11-9(6)12;1-2/h4-5H,1-3H3;1-2H3. The summed E-state index contributed by atoms with van der Waals surface area (Å²) in [6.07, 6.45) is 1.84. The van der Waals surface area contributed by atoms with Gasteiger partial charge in [-0.05, 0) is 26.8 Å². The van der Waals surface area contributed by atoms with E-state index < -0.39 is 0 Å². The van der Waals surface area contributed by atoms with Gasteiger partial charge in [-0.2, -0.15) is 5.10 Å². The van der Waals surface area contributed by atoms with Crippen LogP contribution in [-0.2, 0) is 0 Å². The Labute approximate surface area is 84.8 Å². The summed E-state index contributed by atoms with van der Waals surface area (Å²) < 4.78 is 1.86. The van der Waals surface area contributed by atoms with Crippen LogP contribution in [0.5, 0.6) is 0 Å². The number of aryl methyl sites for hydroxylation is 3. The summed E-state index contributed by atoms with van der Waals surface area (Å²) in [6, 6.07) is 2.03. The fraction of sp³-hybridized carbons (Fsp3) is 0.455. The molecule has 0 saturated heterocycles. The topological polar surface area (TPSA) is 30.2 Å². The fourth-order valence-electron chi connectivity index (χ4n) is 1.38. The minimum Gasteiger partial charge on any atom is -0.234 e. The fourth-order valence-corrected chi connectivity index (χ4v) is 1.38. The predicted molar refractivity (Wildman–Crippen MR) is 58.5 cm³/mol. The monoisotopic (exact) mass is 191 g/mol. The molecule has 0 atom stereocenters. The molecule has 0 bridgehead atoms. The van der Waals surface area contributed by atoms with Crippen molar-refractivity contribution in [3.8, 4) is 0 Å². The number of rotatable bonds is 0. The Morgan fingerprint density at radius 3 is 2.43 bits per heavy atom. The van der Waals surface area contributed by atoms with Gasteiger partial charge in [-0.25, -0.2) is 9.50 Å². The van der Waals surface area contributed by atoms with Crippen molar-refractivity contribution in [3.05, 3.63) is 29.2 Å². The van der Waals surface area contributed by atoms with E-state index in [1.165, 1.54) is 0 Å². The average molecular weight is 191 g/mol. The molecular weight excluding hydrogens is 174 g/mol. The van der Waals surface area contributed by atoms with Crippen LogP contribution in [0.3, 0.4) is 0 Å². The van der Waals surface area contributed by atoms with Crippen molar-refractivity contribution in [1.29, 1.82) is 0 Å². The van der Waals surface area contributed by atoms with E-state index >= 15 is 0 Å². The Morgan fingerprint density at radius 2 is 1.79 bits per heavy atom. The maximum atomic E-state index is 4.40. The van der Waals surface area contributed by atoms with Crippen LogP contribution < -0.4 is 0 Å². The number of aromatic nitrogens is 3. The van der Waals surface area contributed by atoms with Gasteiger partial charge in [0.25, 0.3) is 0 Å². The molecule has 14 heavy (non-hydrogen) atoms. The maximum Gasteiger partial charge on any atom is 0.158 e. The highest BCUT2D eigenvalue weighted by Crippen LogP contribution is 2.09. The first-order chi connectivity index (χ1) is 6.68. The van der Waals surface area contributed by atoms with E-state index in [-0.39, 0.29) is 0 Å². The molecule has 0 aliphatic carbocycles. The number of nitrogens with zero attached hydrogens (tertiary/aromatic N) is 3. The van der Waals surface area contributed by atoms with Gasteiger partial charge in [-0.15, -0.1) is 0 Å². The Bertz CT molecular complexity index is 429. The minimum atomic E-state index is 0.965. The molecule has 0 spiro atoms. The van der Waals surface area contributed by atoms with Crippen LogP contribution in [0.2, 0.25) is 0 Å². The third-order valence-corrected chi connectivity index (χ3v) is 1.95. The van der Waals surface area contributed by atoms with E-state index in [1.54, 1.807) is 0 Å². The lowest BCUT2D eigenvalue weighted by molar-refractivity contribution is 0.886. The molecule has 0 radical (unpaired) electrons. The molecule has 0 amide bonds. The Balaban J connectivity index is 0.000000461. The van der Waals surface area contributed by atoms with Gasteiger partial charge in [-0.3, -0.25) is 0 Å². The van der Waals surface area contributed by atoms with Gasteiger partial charge in [0.1, 0.15) is 0 Å². The second-order valence-corrected chi connectivity index (χ2v) is 3.10. The first-order valence-electron chi connectivity index (χ1n) is 4.97. The van der Waals surface area contributed by atoms with Crippen LogP contribution in [0.4, 0.5) is 0 Å². The van der Waals surface area contributed by atoms with Crippen LogP contribution >= 0.6 is 0 Å². The first-order valence-corrected chi connectivity index (χ1v) is 4.97. The zero-order chi connectivity index (χ0) is 10.7. The molecule has 2 rings (SSSR count). The Hall–Kier alpha value is -1.38. The summed E-state index contributed by atoms with van der Waals surface area (Å²) in [5.74, 6) is 0. The van der Waals surface area contributed by atoms with Gasteiger partial charge >= 0.3 is 0 Å². The van der Waals surface area contributed by atoms with Crippen LogP contribution in [0.25, 0.3) is 5.65 Å². The van der Waals surface area contributed by atoms with Gasteiger partial charge in [0.2, 0.25) is 0 Å². The lowest BCUT2D eigenvalue weighted by Gasteiger charge is -1.99. The molecule has 3 heteroatoms. The molecule has 0 saturated carbocycles. The summed E-state index contributed by atoms with van der Waals surface area (Å²) in [7, 11) is 0. The highest BCUT2D eigenvalue weighted by atomic mass is 15.2. The Morgan fingerprint density at radius 1 is 1.14 bits per heavy atom. The zero-order valence-corrected chi connectivity index (χ0v) is 9.50. The molecule has 0 aliphatic heterocycles. The maximum absolute atomic E-state index is 4.40. The first kappa shape index (κ1) is 10.7. The molecule has 0 N–H and O–H groups in total. The summed E-state index contributed by atoms with van der Waals surface area (Å²) in [5.41, 5.74) is 4.27. The Kier molecular flexibility index (Phi) is 3.23. The minimum absolute atomic E-state index is 0.965. The van der Waals surface area contributed by atoms with Crippen molar-refractivity contribution < 1.29 is 0 Å². The smallest absolute Gasteiger partial charge is 0.158 e. The van der Waals surface area contributed by atoms with Crippen molar-refractivity contribution in [1.82, 2.24) is 14.6 Å². The second kappa shape index (κ2) is 4.22. The van der Waals surface area contributed by atoms with Gasteiger partial charge in [0.05, 0.1) is 6.20 Å². The average Bonchev–Trinajstić information content (AvgIpc) is 2.52. The lowest BCUT2D eigenvalue weighted by atomic mass is 10.3. The molecule has 0 fully saturated rings. The van der Waals surface area contributed by atoms with Gasteiger partial charge < -0.3 is 0 Å². The molecule has 76 valence electrons. The van der Waals surface area contributed by atoms with Crippen LogP contribution in [-0.4, -0.2) is 14.6 Å². The van der Waals surface area contributed by atoms with Crippen LogP contribution in [0, 0.1) is 20.8 Å². The molecule has 2 heterocycles. The quantitative estimate of drug-likeness (QED) is 0.641. The van der Waals surface area contributed by atoms with Crippen LogP contribution in [0.1, 0.15) is 30.8 Å². The highest BCUT2D eigenvalue weighted by molar-refractivity contribution is 5.46. The van der Waals surface area contributed by atoms with Crippen molar-refractivity contribution in [2.75, 3.05) is 0 Å². The second-order valence-electron chi connectivity index (χ2n) is 3.10. The summed E-state index contributed by atoms with van der Waals surface area (Å²) >= 11 is 0. The zero-order valence-electron chi connectivity index (χ0n) is 9.50. The largest absolute Gasteiger partial charge is 0.234 e. The van der Waals surface area contributed by atoms with Gasteiger partial charge in [0, 0.05) is 17.0 Å². The van der Waals surface area contributed by atoms with Gasteiger partial charge in [0.15, 0.2) is 5.65 Å². The molecule has 0 aromatic carbocycles. The van der Waals surface area contributed by atoms with E-state index in [1.807, 2.05) is 51.4 Å². The van der Waals surface area contributed by atoms with E-state index in [0.717, 1.165) is 22.6 Å². The van der Waals surface area contributed by atoms with Gasteiger partial charge in [-0.1, -0.05) is 13.8 Å². The summed E-state index contributed by atoms with van der Waals surface area (Å²) in [6.45, 7) is 10.1. The number of fused-ring (bicyclic) bond motifs is 1. The van der Waals surface area contributed by atoms with Crippen molar-refractivity contribution in [3.63, 3.8) is 0 Å². The molecule has 0 unspecified atom stereocenters. The van der Waals surface area contributed by atoms with E-state index in [9.17, 15) is 0 Å². The summed E-state index contributed by atoms with van der Waals surface area (Å²) in [5, 5.41) is 4.21. The third kappa shape index (κ3) is 1.76. The SMILES string of the molecule is CC.Cc1cc(C)n2ncc(C)c2n1. The normalized spacial score (nSPS) is 9.79. The highest BCUT2D eigenvalue weighted by Gasteiger charge is 2.02. The summed E-state index contributed by atoms with van der Waals surface area (Å²) in [4.78, 5) is 4.40.